The molecule has 0 amide bonds. The molecule has 1 saturated heterocycles. The molecule has 1 fully saturated rings. The van der Waals surface area contributed by atoms with E-state index in [1.165, 1.54) is 24.8 Å². The van der Waals surface area contributed by atoms with Crippen LogP contribution in [-0.4, -0.2) is 32.7 Å². The Hall–Kier alpha value is -2.04. The summed E-state index contributed by atoms with van der Waals surface area (Å²) in [6.45, 7) is 4.51. The second-order valence-corrected chi connectivity index (χ2v) is 5.63. The number of fused-ring (bicyclic) bond motifs is 3. The highest BCUT2D eigenvalue weighted by atomic mass is 15.6. The van der Waals surface area contributed by atoms with Crippen LogP contribution in [0.1, 0.15) is 26.2 Å². The Balaban J connectivity index is 1.78. The topological polar surface area (TPSA) is 49.7 Å². The largest absolute Gasteiger partial charge is 0.346 e. The minimum atomic E-state index is 0.884. The Labute approximate surface area is 117 Å². The van der Waals surface area contributed by atoms with E-state index in [-0.39, 0.29) is 0 Å². The smallest absolute Gasteiger partial charge is 0.139 e. The van der Waals surface area contributed by atoms with Crippen LogP contribution in [0.5, 0.6) is 0 Å². The van der Waals surface area contributed by atoms with Crippen molar-refractivity contribution < 1.29 is 0 Å². The fraction of sp³-hybridized carbons (Fsp3) is 0.467. The van der Waals surface area contributed by atoms with Crippen molar-refractivity contribution in [1.82, 2.24) is 19.6 Å². The van der Waals surface area contributed by atoms with Crippen molar-refractivity contribution >= 4 is 22.1 Å². The molecule has 0 bridgehead atoms. The highest BCUT2D eigenvalue weighted by molar-refractivity contribution is 6.01. The van der Waals surface area contributed by atoms with Gasteiger partial charge in [-0.05, 0) is 24.8 Å². The summed E-state index contributed by atoms with van der Waals surface area (Å²) in [6.07, 6.45) is 9.58. The lowest BCUT2D eigenvalue weighted by Crippen LogP contribution is -2.41. The number of nitrogens with one attached hydrogen (secondary N) is 1. The molecular formula is C15H19N5. The summed E-state index contributed by atoms with van der Waals surface area (Å²) in [4.78, 5) is 12.1. The van der Waals surface area contributed by atoms with Gasteiger partial charge in [-0.1, -0.05) is 13.3 Å². The molecule has 1 aliphatic rings. The molecule has 0 radical (unpaired) electrons. The molecule has 0 atom stereocenters. The fourth-order valence-electron chi connectivity index (χ4n) is 3.25. The molecule has 5 nitrogen and oxygen atoms in total. The zero-order valence-corrected chi connectivity index (χ0v) is 11.7. The van der Waals surface area contributed by atoms with Gasteiger partial charge < -0.3 is 9.99 Å². The third-order valence-corrected chi connectivity index (χ3v) is 4.55. The van der Waals surface area contributed by atoms with Crippen molar-refractivity contribution in [3.63, 3.8) is 0 Å². The summed E-state index contributed by atoms with van der Waals surface area (Å²) in [6, 6.07) is 2.08. The van der Waals surface area contributed by atoms with Gasteiger partial charge in [0, 0.05) is 24.7 Å². The minimum absolute atomic E-state index is 0.884. The van der Waals surface area contributed by atoms with Crippen LogP contribution >= 0.6 is 0 Å². The number of piperidine rings is 1. The number of aromatic amines is 1. The Morgan fingerprint density at radius 2 is 2.15 bits per heavy atom. The molecule has 0 aliphatic carbocycles. The molecule has 20 heavy (non-hydrogen) atoms. The highest BCUT2D eigenvalue weighted by Gasteiger charge is 2.20. The van der Waals surface area contributed by atoms with Crippen LogP contribution in [0.4, 0.5) is 0 Å². The third kappa shape index (κ3) is 1.69. The molecule has 104 valence electrons. The van der Waals surface area contributed by atoms with E-state index in [9.17, 15) is 0 Å². The molecule has 0 unspecified atom stereocenters. The van der Waals surface area contributed by atoms with Crippen molar-refractivity contribution in [2.45, 2.75) is 26.2 Å². The van der Waals surface area contributed by atoms with Gasteiger partial charge in [-0.25, -0.2) is 14.6 Å². The average molecular weight is 269 g/mol. The molecule has 4 heterocycles. The average Bonchev–Trinajstić information content (AvgIpc) is 3.13. The van der Waals surface area contributed by atoms with Gasteiger partial charge in [-0.2, -0.15) is 0 Å². The summed E-state index contributed by atoms with van der Waals surface area (Å²) in [7, 11) is 0. The summed E-state index contributed by atoms with van der Waals surface area (Å²) >= 11 is 0. The van der Waals surface area contributed by atoms with Gasteiger partial charge in [-0.3, -0.25) is 0 Å². The number of H-pyrrole nitrogens is 1. The van der Waals surface area contributed by atoms with Gasteiger partial charge in [0.2, 0.25) is 0 Å². The van der Waals surface area contributed by atoms with E-state index in [0.717, 1.165) is 35.6 Å². The lowest BCUT2D eigenvalue weighted by Gasteiger charge is -2.34. The Bertz CT molecular complexity index is 733. The van der Waals surface area contributed by atoms with E-state index in [1.54, 1.807) is 0 Å². The van der Waals surface area contributed by atoms with Crippen LogP contribution in [0.25, 0.3) is 22.1 Å². The second-order valence-electron chi connectivity index (χ2n) is 5.63. The number of hydrogen-bond donors (Lipinski definition) is 1. The van der Waals surface area contributed by atoms with Crippen LogP contribution in [0.15, 0.2) is 24.8 Å². The van der Waals surface area contributed by atoms with Crippen molar-refractivity contribution in [3.8, 4) is 0 Å². The molecule has 0 aromatic carbocycles. The quantitative estimate of drug-likeness (QED) is 0.778. The molecule has 1 aliphatic heterocycles. The minimum Gasteiger partial charge on any atom is -0.346 e. The van der Waals surface area contributed by atoms with Gasteiger partial charge in [-0.15, -0.1) is 0 Å². The molecule has 1 N–H and O–H groups in total. The van der Waals surface area contributed by atoms with E-state index in [0.29, 0.717) is 0 Å². The maximum Gasteiger partial charge on any atom is 0.139 e. The van der Waals surface area contributed by atoms with Gasteiger partial charge >= 0.3 is 0 Å². The molecule has 0 spiro atoms. The van der Waals surface area contributed by atoms with Crippen LogP contribution in [0, 0.1) is 5.92 Å². The summed E-state index contributed by atoms with van der Waals surface area (Å²) in [5, 5.41) is 3.56. The van der Waals surface area contributed by atoms with E-state index in [2.05, 4.69) is 37.6 Å². The van der Waals surface area contributed by atoms with Gasteiger partial charge in [0.15, 0.2) is 0 Å². The normalized spacial score (nSPS) is 17.4. The van der Waals surface area contributed by atoms with Crippen LogP contribution in [-0.2, 0) is 0 Å². The standard InChI is InChI=1S/C15H19N5/c1-2-11-4-7-19(8-5-11)20-10-18-13-9-17-15-12(14(13)20)3-6-16-15/h3,6,9-11H,2,4-5,7-8H2,1H3,(H,16,17). The van der Waals surface area contributed by atoms with Crippen LogP contribution in [0.3, 0.4) is 0 Å². The molecule has 0 saturated carbocycles. The van der Waals surface area contributed by atoms with Crippen LogP contribution in [0.2, 0.25) is 0 Å². The lowest BCUT2D eigenvalue weighted by atomic mass is 9.95. The fourth-order valence-corrected chi connectivity index (χ4v) is 3.25. The number of pyridine rings is 1. The Morgan fingerprint density at radius 1 is 1.30 bits per heavy atom. The first kappa shape index (κ1) is 11.8. The number of hydrogen-bond acceptors (Lipinski definition) is 3. The van der Waals surface area contributed by atoms with E-state index < -0.39 is 0 Å². The zero-order valence-electron chi connectivity index (χ0n) is 11.7. The monoisotopic (exact) mass is 269 g/mol. The molecule has 4 rings (SSSR count). The van der Waals surface area contributed by atoms with E-state index in [4.69, 9.17) is 0 Å². The molecular weight excluding hydrogens is 250 g/mol. The molecule has 3 aromatic heterocycles. The first-order chi connectivity index (χ1) is 9.86. The second kappa shape index (κ2) is 4.51. The predicted octanol–water partition coefficient (Wildman–Crippen LogP) is 2.67. The number of nitrogens with zero attached hydrogens (tertiary/aromatic N) is 4. The van der Waals surface area contributed by atoms with Crippen LogP contribution < -0.4 is 5.01 Å². The lowest BCUT2D eigenvalue weighted by molar-refractivity contribution is 0.358. The molecule has 5 heteroatoms. The van der Waals surface area contributed by atoms with Gasteiger partial charge in [0.25, 0.3) is 0 Å². The van der Waals surface area contributed by atoms with E-state index >= 15 is 0 Å². The number of rotatable bonds is 2. The van der Waals surface area contributed by atoms with Crippen molar-refractivity contribution in [3.05, 3.63) is 24.8 Å². The third-order valence-electron chi connectivity index (χ3n) is 4.55. The van der Waals surface area contributed by atoms with Crippen molar-refractivity contribution in [2.24, 2.45) is 5.92 Å². The Kier molecular flexibility index (Phi) is 2.65. The molecule has 3 aromatic rings. The van der Waals surface area contributed by atoms with E-state index in [1.807, 2.05) is 18.7 Å². The predicted molar refractivity (Wildman–Crippen MR) is 80.4 cm³/mol. The first-order valence-corrected chi connectivity index (χ1v) is 7.41. The van der Waals surface area contributed by atoms with Gasteiger partial charge in [0.1, 0.15) is 23.0 Å². The highest BCUT2D eigenvalue weighted by Crippen LogP contribution is 2.25. The zero-order chi connectivity index (χ0) is 13.5. The van der Waals surface area contributed by atoms with Crippen molar-refractivity contribution in [1.29, 1.82) is 0 Å². The van der Waals surface area contributed by atoms with Crippen molar-refractivity contribution in [2.75, 3.05) is 18.1 Å². The summed E-state index contributed by atoms with van der Waals surface area (Å²) < 4.78 is 2.22. The SMILES string of the molecule is CCC1CCN(n2cnc3cnc4[nH]ccc4c32)CC1. The Morgan fingerprint density at radius 3 is 2.95 bits per heavy atom. The first-order valence-electron chi connectivity index (χ1n) is 7.41. The maximum absolute atomic E-state index is 4.51. The van der Waals surface area contributed by atoms with Gasteiger partial charge in [0.05, 0.1) is 6.20 Å². The summed E-state index contributed by atoms with van der Waals surface area (Å²) in [5.41, 5.74) is 3.07. The number of imidazole rings is 1. The maximum atomic E-state index is 4.51. The summed E-state index contributed by atoms with van der Waals surface area (Å²) in [5.74, 6) is 0.884. The number of aromatic nitrogens is 4.